The minimum absolute atomic E-state index is 0.146. The van der Waals surface area contributed by atoms with Crippen LogP contribution in [-0.4, -0.2) is 17.7 Å². The van der Waals surface area contributed by atoms with E-state index in [1.54, 1.807) is 24.3 Å². The molecule has 5 nitrogen and oxygen atoms in total. The number of carbonyl (C=O) groups excluding carboxylic acids is 3. The summed E-state index contributed by atoms with van der Waals surface area (Å²) in [7, 11) is 0. The SMILES string of the molecule is Cc1cc(C)cc(NC(=O)c2ccc(N3C(=O)C4CC=CCC4C3=O)cc2)c1. The number of allylic oxidation sites excluding steroid dienone is 2. The second-order valence-electron chi connectivity index (χ2n) is 7.55. The zero-order chi connectivity index (χ0) is 19.8. The lowest BCUT2D eigenvalue weighted by Crippen LogP contribution is -2.30. The lowest BCUT2D eigenvalue weighted by atomic mass is 9.85. The predicted octanol–water partition coefficient (Wildman–Crippen LogP) is 4.01. The molecule has 0 radical (unpaired) electrons. The second kappa shape index (κ2) is 7.08. The first-order valence-electron chi connectivity index (χ1n) is 9.46. The highest BCUT2D eigenvalue weighted by molar-refractivity contribution is 6.22. The summed E-state index contributed by atoms with van der Waals surface area (Å²) in [5, 5.41) is 2.89. The smallest absolute Gasteiger partial charge is 0.255 e. The van der Waals surface area contributed by atoms with Crippen LogP contribution in [0.5, 0.6) is 0 Å². The maximum atomic E-state index is 12.7. The molecule has 0 spiro atoms. The monoisotopic (exact) mass is 374 g/mol. The Labute approximate surface area is 164 Å². The van der Waals surface area contributed by atoms with Crippen LogP contribution in [0.25, 0.3) is 0 Å². The van der Waals surface area contributed by atoms with E-state index in [2.05, 4.69) is 5.32 Å². The van der Waals surface area contributed by atoms with Gasteiger partial charge in [-0.2, -0.15) is 0 Å². The molecule has 0 bridgehead atoms. The molecule has 1 fully saturated rings. The fraction of sp³-hybridized carbons (Fsp3) is 0.261. The number of hydrogen-bond acceptors (Lipinski definition) is 3. The summed E-state index contributed by atoms with van der Waals surface area (Å²) < 4.78 is 0. The molecule has 1 N–H and O–H groups in total. The first kappa shape index (κ1) is 18.2. The van der Waals surface area contributed by atoms with E-state index in [1.807, 2.05) is 44.2 Å². The van der Waals surface area contributed by atoms with Crippen molar-refractivity contribution < 1.29 is 14.4 Å². The Morgan fingerprint density at radius 3 is 1.96 bits per heavy atom. The summed E-state index contributed by atoms with van der Waals surface area (Å²) in [4.78, 5) is 39.1. The van der Waals surface area contributed by atoms with Gasteiger partial charge in [-0.25, -0.2) is 0 Å². The van der Waals surface area contributed by atoms with Gasteiger partial charge in [0.1, 0.15) is 0 Å². The van der Waals surface area contributed by atoms with Crippen molar-refractivity contribution in [2.75, 3.05) is 10.2 Å². The van der Waals surface area contributed by atoms with Crippen molar-refractivity contribution in [1.29, 1.82) is 0 Å². The zero-order valence-electron chi connectivity index (χ0n) is 15.9. The maximum absolute atomic E-state index is 12.7. The topological polar surface area (TPSA) is 66.5 Å². The first-order valence-corrected chi connectivity index (χ1v) is 9.46. The van der Waals surface area contributed by atoms with Gasteiger partial charge in [0.05, 0.1) is 17.5 Å². The summed E-state index contributed by atoms with van der Waals surface area (Å²) in [6.45, 7) is 3.96. The standard InChI is InChI=1S/C23H22N2O3/c1-14-11-15(2)13-17(12-14)24-21(26)16-7-9-18(10-8-16)25-22(27)19-5-3-4-6-20(19)23(25)28/h3-4,7-13,19-20H,5-6H2,1-2H3,(H,24,26). The highest BCUT2D eigenvalue weighted by atomic mass is 16.2. The van der Waals surface area contributed by atoms with Crippen LogP contribution >= 0.6 is 0 Å². The number of rotatable bonds is 3. The third kappa shape index (κ3) is 3.24. The fourth-order valence-corrected chi connectivity index (χ4v) is 4.07. The van der Waals surface area contributed by atoms with Gasteiger partial charge in [-0.15, -0.1) is 0 Å². The normalized spacial score (nSPS) is 21.0. The van der Waals surface area contributed by atoms with Gasteiger partial charge in [-0.05, 0) is 74.2 Å². The van der Waals surface area contributed by atoms with Crippen molar-refractivity contribution in [1.82, 2.24) is 0 Å². The first-order chi connectivity index (χ1) is 13.4. The molecule has 142 valence electrons. The molecule has 1 heterocycles. The third-order valence-electron chi connectivity index (χ3n) is 5.37. The van der Waals surface area contributed by atoms with Gasteiger partial charge in [0.25, 0.3) is 5.91 Å². The van der Waals surface area contributed by atoms with Gasteiger partial charge in [0, 0.05) is 11.3 Å². The van der Waals surface area contributed by atoms with Crippen LogP contribution in [0.4, 0.5) is 11.4 Å². The Kier molecular flexibility index (Phi) is 4.59. The lowest BCUT2D eigenvalue weighted by Gasteiger charge is -2.15. The molecule has 2 aromatic rings. The summed E-state index contributed by atoms with van der Waals surface area (Å²) in [6.07, 6.45) is 5.16. The molecular weight excluding hydrogens is 352 g/mol. The molecule has 1 aliphatic heterocycles. The van der Waals surface area contributed by atoms with Crippen molar-refractivity contribution in [2.24, 2.45) is 11.8 Å². The van der Waals surface area contributed by atoms with Crippen molar-refractivity contribution in [2.45, 2.75) is 26.7 Å². The van der Waals surface area contributed by atoms with Crippen molar-refractivity contribution in [3.8, 4) is 0 Å². The van der Waals surface area contributed by atoms with Gasteiger partial charge in [0.2, 0.25) is 11.8 Å². The molecule has 2 atom stereocenters. The van der Waals surface area contributed by atoms with Crippen LogP contribution < -0.4 is 10.2 Å². The van der Waals surface area contributed by atoms with Crippen molar-refractivity contribution in [3.63, 3.8) is 0 Å². The summed E-state index contributed by atoms with van der Waals surface area (Å²) in [6, 6.07) is 12.5. The molecule has 1 saturated heterocycles. The minimum atomic E-state index is -0.259. The Morgan fingerprint density at radius 1 is 0.893 bits per heavy atom. The molecule has 2 aromatic carbocycles. The largest absolute Gasteiger partial charge is 0.322 e. The molecular formula is C23H22N2O3. The van der Waals surface area contributed by atoms with E-state index in [0.29, 0.717) is 24.1 Å². The molecule has 0 aromatic heterocycles. The minimum Gasteiger partial charge on any atom is -0.322 e. The van der Waals surface area contributed by atoms with Gasteiger partial charge in [-0.3, -0.25) is 19.3 Å². The van der Waals surface area contributed by atoms with Gasteiger partial charge < -0.3 is 5.32 Å². The molecule has 5 heteroatoms. The van der Waals surface area contributed by atoms with Gasteiger partial charge in [0.15, 0.2) is 0 Å². The number of amides is 3. The zero-order valence-corrected chi connectivity index (χ0v) is 15.9. The molecule has 2 aliphatic rings. The number of nitrogens with zero attached hydrogens (tertiary/aromatic N) is 1. The fourth-order valence-electron chi connectivity index (χ4n) is 4.07. The highest BCUT2D eigenvalue weighted by Gasteiger charge is 2.47. The second-order valence-corrected chi connectivity index (χ2v) is 7.55. The van der Waals surface area contributed by atoms with E-state index in [-0.39, 0.29) is 29.6 Å². The summed E-state index contributed by atoms with van der Waals surface area (Å²) in [5.41, 5.74) is 3.89. The lowest BCUT2D eigenvalue weighted by molar-refractivity contribution is -0.122. The molecule has 1 aliphatic carbocycles. The van der Waals surface area contributed by atoms with Crippen LogP contribution in [0.1, 0.15) is 34.3 Å². The van der Waals surface area contributed by atoms with E-state index in [4.69, 9.17) is 0 Å². The van der Waals surface area contributed by atoms with Crippen LogP contribution in [0, 0.1) is 25.7 Å². The number of fused-ring (bicyclic) bond motifs is 1. The number of hydrogen-bond donors (Lipinski definition) is 1. The Morgan fingerprint density at radius 2 is 1.43 bits per heavy atom. The molecule has 0 saturated carbocycles. The quantitative estimate of drug-likeness (QED) is 0.652. The molecule has 28 heavy (non-hydrogen) atoms. The molecule has 2 unspecified atom stereocenters. The van der Waals surface area contributed by atoms with E-state index in [9.17, 15) is 14.4 Å². The average molecular weight is 374 g/mol. The molecule has 4 rings (SSSR count). The number of imide groups is 1. The van der Waals surface area contributed by atoms with Gasteiger partial charge >= 0.3 is 0 Å². The van der Waals surface area contributed by atoms with Crippen LogP contribution in [0.2, 0.25) is 0 Å². The summed E-state index contributed by atoms with van der Waals surface area (Å²) in [5.74, 6) is -1.04. The number of nitrogens with one attached hydrogen (secondary N) is 1. The van der Waals surface area contributed by atoms with E-state index < -0.39 is 0 Å². The van der Waals surface area contributed by atoms with E-state index >= 15 is 0 Å². The van der Waals surface area contributed by atoms with Crippen molar-refractivity contribution >= 4 is 29.1 Å². The summed E-state index contributed by atoms with van der Waals surface area (Å²) >= 11 is 0. The van der Waals surface area contributed by atoms with E-state index in [0.717, 1.165) is 16.8 Å². The number of aryl methyl sites for hydroxylation is 2. The maximum Gasteiger partial charge on any atom is 0.255 e. The van der Waals surface area contributed by atoms with Crippen LogP contribution in [-0.2, 0) is 9.59 Å². The Hall–Kier alpha value is -3.21. The van der Waals surface area contributed by atoms with Gasteiger partial charge in [-0.1, -0.05) is 18.2 Å². The molecule has 3 amide bonds. The Balaban J connectivity index is 1.52. The number of benzene rings is 2. The average Bonchev–Trinajstić information content (AvgIpc) is 2.92. The van der Waals surface area contributed by atoms with Crippen LogP contribution in [0.3, 0.4) is 0 Å². The van der Waals surface area contributed by atoms with Crippen molar-refractivity contribution in [3.05, 3.63) is 71.3 Å². The Bertz CT molecular complexity index is 945. The predicted molar refractivity (Wildman–Crippen MR) is 108 cm³/mol. The highest BCUT2D eigenvalue weighted by Crippen LogP contribution is 2.37. The van der Waals surface area contributed by atoms with E-state index in [1.165, 1.54) is 4.90 Å². The number of carbonyl (C=O) groups is 3. The number of anilines is 2. The third-order valence-corrected chi connectivity index (χ3v) is 5.37. The van der Waals surface area contributed by atoms with Crippen LogP contribution in [0.15, 0.2) is 54.6 Å².